The van der Waals surface area contributed by atoms with E-state index in [-0.39, 0.29) is 6.09 Å². The molecule has 1 aliphatic rings. The smallest absolute Gasteiger partial charge is 0.410 e. The van der Waals surface area contributed by atoms with Crippen LogP contribution in [0.15, 0.2) is 18.2 Å². The summed E-state index contributed by atoms with van der Waals surface area (Å²) in [5, 5.41) is 0.733. The molecule has 2 N–H and O–H groups in total. The lowest BCUT2D eigenvalue weighted by molar-refractivity contribution is 0.0166. The van der Waals surface area contributed by atoms with Gasteiger partial charge in [0.05, 0.1) is 0 Å². The second-order valence-electron chi connectivity index (χ2n) is 7.04. The third-order valence-corrected chi connectivity index (χ3v) is 4.52. The highest BCUT2D eigenvalue weighted by molar-refractivity contribution is 6.31. The lowest BCUT2D eigenvalue weighted by Crippen LogP contribution is -2.51. The van der Waals surface area contributed by atoms with E-state index in [1.54, 1.807) is 4.90 Å². The number of piperidine rings is 1. The van der Waals surface area contributed by atoms with Gasteiger partial charge in [0.1, 0.15) is 5.60 Å². The van der Waals surface area contributed by atoms with Crippen molar-refractivity contribution in [1.29, 1.82) is 0 Å². The van der Waals surface area contributed by atoms with E-state index in [0.29, 0.717) is 25.9 Å². The normalized spacial score (nSPS) is 18.2. The molecular weight excluding hydrogens is 300 g/mol. The summed E-state index contributed by atoms with van der Waals surface area (Å²) in [6.07, 6.45) is 1.14. The fraction of sp³-hybridized carbons (Fsp3) is 0.588. The Balaban J connectivity index is 2.08. The van der Waals surface area contributed by atoms with E-state index >= 15 is 0 Å². The third-order valence-electron chi connectivity index (χ3n) is 4.11. The van der Waals surface area contributed by atoms with Crippen LogP contribution < -0.4 is 5.73 Å². The average Bonchev–Trinajstić information content (AvgIpc) is 2.40. The first-order valence-electron chi connectivity index (χ1n) is 7.65. The van der Waals surface area contributed by atoms with Gasteiger partial charge in [-0.25, -0.2) is 4.79 Å². The Morgan fingerprint density at radius 1 is 1.32 bits per heavy atom. The summed E-state index contributed by atoms with van der Waals surface area (Å²) in [5.74, 6) is 0. The van der Waals surface area contributed by atoms with Crippen LogP contribution in [0.25, 0.3) is 0 Å². The van der Waals surface area contributed by atoms with Crippen LogP contribution in [0.5, 0.6) is 0 Å². The van der Waals surface area contributed by atoms with Crippen molar-refractivity contribution in [2.24, 2.45) is 5.73 Å². The summed E-state index contributed by atoms with van der Waals surface area (Å²) in [4.78, 5) is 13.9. The molecule has 0 saturated carbocycles. The quantitative estimate of drug-likeness (QED) is 0.854. The zero-order valence-corrected chi connectivity index (χ0v) is 14.5. The van der Waals surface area contributed by atoms with E-state index in [0.717, 1.165) is 16.1 Å². The molecule has 1 fully saturated rings. The number of ether oxygens (including phenoxy) is 1. The van der Waals surface area contributed by atoms with Crippen LogP contribution in [0.2, 0.25) is 5.02 Å². The molecule has 0 bridgehead atoms. The van der Waals surface area contributed by atoms with E-state index in [2.05, 4.69) is 0 Å². The van der Waals surface area contributed by atoms with Crippen LogP contribution >= 0.6 is 11.6 Å². The van der Waals surface area contributed by atoms with Gasteiger partial charge >= 0.3 is 6.09 Å². The van der Waals surface area contributed by atoms with Crippen LogP contribution in [0.3, 0.4) is 0 Å². The minimum absolute atomic E-state index is 0.266. The number of halogens is 1. The van der Waals surface area contributed by atoms with Crippen LogP contribution in [-0.2, 0) is 10.3 Å². The maximum absolute atomic E-state index is 12.1. The minimum atomic E-state index is -0.474. The molecule has 1 saturated heterocycles. The summed E-state index contributed by atoms with van der Waals surface area (Å²) in [7, 11) is 0. The highest BCUT2D eigenvalue weighted by Crippen LogP contribution is 2.35. The number of likely N-dealkylation sites (tertiary alicyclic amines) is 1. The van der Waals surface area contributed by atoms with Gasteiger partial charge in [-0.05, 0) is 57.7 Å². The SMILES string of the molecule is Cc1c(Cl)cccc1C1(N)CCN(C(=O)OC(C)(C)C)CC1. The number of nitrogens with two attached hydrogens (primary N) is 1. The van der Waals surface area contributed by atoms with Gasteiger partial charge in [-0.3, -0.25) is 0 Å². The van der Waals surface area contributed by atoms with Crippen molar-refractivity contribution in [2.45, 2.75) is 51.7 Å². The topological polar surface area (TPSA) is 55.6 Å². The maximum Gasteiger partial charge on any atom is 0.410 e. The Bertz CT molecular complexity index is 558. The van der Waals surface area contributed by atoms with Crippen molar-refractivity contribution in [3.8, 4) is 0 Å². The Kier molecular flexibility index (Phi) is 4.73. The number of carbonyl (C=O) groups excluding carboxylic acids is 1. The summed E-state index contributed by atoms with van der Waals surface area (Å²) < 4.78 is 5.42. The van der Waals surface area contributed by atoms with Gasteiger partial charge in [0, 0.05) is 23.7 Å². The van der Waals surface area contributed by atoms with Gasteiger partial charge in [-0.1, -0.05) is 23.7 Å². The predicted molar refractivity (Wildman–Crippen MR) is 89.1 cm³/mol. The molecule has 0 spiro atoms. The lowest BCUT2D eigenvalue weighted by atomic mass is 9.80. The molecule has 22 heavy (non-hydrogen) atoms. The molecule has 0 atom stereocenters. The van der Waals surface area contributed by atoms with Gasteiger partial charge < -0.3 is 15.4 Å². The summed E-state index contributed by atoms with van der Waals surface area (Å²) in [6.45, 7) is 8.80. The largest absolute Gasteiger partial charge is 0.444 e. The number of nitrogens with zero attached hydrogens (tertiary/aromatic N) is 1. The fourth-order valence-electron chi connectivity index (χ4n) is 2.83. The summed E-state index contributed by atoms with van der Waals surface area (Å²) in [6, 6.07) is 5.84. The van der Waals surface area contributed by atoms with E-state index in [9.17, 15) is 4.79 Å². The van der Waals surface area contributed by atoms with E-state index in [1.807, 2.05) is 45.9 Å². The van der Waals surface area contributed by atoms with Crippen LogP contribution in [0.1, 0.15) is 44.7 Å². The summed E-state index contributed by atoms with van der Waals surface area (Å²) in [5.41, 5.74) is 7.79. The maximum atomic E-state index is 12.1. The number of benzene rings is 1. The Hall–Kier alpha value is -1.26. The number of rotatable bonds is 1. The van der Waals surface area contributed by atoms with Crippen molar-refractivity contribution in [2.75, 3.05) is 13.1 Å². The molecule has 5 heteroatoms. The first-order valence-corrected chi connectivity index (χ1v) is 8.03. The zero-order chi connectivity index (χ0) is 16.5. The molecule has 0 aromatic heterocycles. The molecule has 0 radical (unpaired) electrons. The molecule has 1 aromatic rings. The first-order chi connectivity index (χ1) is 10.1. The highest BCUT2D eigenvalue weighted by atomic mass is 35.5. The monoisotopic (exact) mass is 324 g/mol. The molecule has 1 aliphatic heterocycles. The molecule has 0 aliphatic carbocycles. The van der Waals surface area contributed by atoms with Crippen molar-refractivity contribution in [3.63, 3.8) is 0 Å². The van der Waals surface area contributed by atoms with Crippen molar-refractivity contribution >= 4 is 17.7 Å². The molecule has 1 aromatic carbocycles. The van der Waals surface area contributed by atoms with Crippen molar-refractivity contribution in [1.82, 2.24) is 4.90 Å². The number of hydrogen-bond donors (Lipinski definition) is 1. The van der Waals surface area contributed by atoms with Crippen molar-refractivity contribution in [3.05, 3.63) is 34.3 Å². The average molecular weight is 325 g/mol. The van der Waals surface area contributed by atoms with Crippen molar-refractivity contribution < 1.29 is 9.53 Å². The Labute approximate surface area is 137 Å². The number of hydrogen-bond acceptors (Lipinski definition) is 3. The summed E-state index contributed by atoms with van der Waals surface area (Å²) >= 11 is 6.21. The Morgan fingerprint density at radius 2 is 1.91 bits per heavy atom. The molecule has 1 amide bonds. The molecule has 122 valence electrons. The zero-order valence-electron chi connectivity index (χ0n) is 13.8. The van der Waals surface area contributed by atoms with Gasteiger partial charge in [0.2, 0.25) is 0 Å². The van der Waals surface area contributed by atoms with Crippen LogP contribution in [-0.4, -0.2) is 29.7 Å². The van der Waals surface area contributed by atoms with Gasteiger partial charge in [-0.2, -0.15) is 0 Å². The highest BCUT2D eigenvalue weighted by Gasteiger charge is 2.36. The second kappa shape index (κ2) is 6.09. The molecule has 1 heterocycles. The number of amides is 1. The van der Waals surface area contributed by atoms with Gasteiger partial charge in [-0.15, -0.1) is 0 Å². The van der Waals surface area contributed by atoms with E-state index < -0.39 is 11.1 Å². The predicted octanol–water partition coefficient (Wildman–Crippen LogP) is 3.83. The van der Waals surface area contributed by atoms with Gasteiger partial charge in [0.15, 0.2) is 0 Å². The Morgan fingerprint density at radius 3 is 2.45 bits per heavy atom. The number of carbonyl (C=O) groups is 1. The molecule has 0 unspecified atom stereocenters. The fourth-order valence-corrected chi connectivity index (χ4v) is 3.01. The van der Waals surface area contributed by atoms with Crippen LogP contribution in [0.4, 0.5) is 4.79 Å². The van der Waals surface area contributed by atoms with E-state index in [1.165, 1.54) is 0 Å². The molecule has 4 nitrogen and oxygen atoms in total. The first kappa shape index (κ1) is 17.1. The molecule has 2 rings (SSSR count). The van der Waals surface area contributed by atoms with Crippen LogP contribution in [0, 0.1) is 6.92 Å². The lowest BCUT2D eigenvalue weighted by Gasteiger charge is -2.40. The molecular formula is C17H25ClN2O2. The van der Waals surface area contributed by atoms with Gasteiger partial charge in [0.25, 0.3) is 0 Å². The second-order valence-corrected chi connectivity index (χ2v) is 7.44. The standard InChI is InChI=1S/C17H25ClN2O2/c1-12-13(6-5-7-14(12)18)17(19)8-10-20(11-9-17)15(21)22-16(2,3)4/h5-7H,8-11,19H2,1-4H3. The van der Waals surface area contributed by atoms with E-state index in [4.69, 9.17) is 22.1 Å². The third kappa shape index (κ3) is 3.73. The minimum Gasteiger partial charge on any atom is -0.444 e.